The Balaban J connectivity index is 1.99. The molecule has 0 radical (unpaired) electrons. The lowest BCUT2D eigenvalue weighted by atomic mass is 9.98. The van der Waals surface area contributed by atoms with Gasteiger partial charge in [0.1, 0.15) is 11.8 Å². The zero-order valence-corrected chi connectivity index (χ0v) is 18.7. The second-order valence-electron chi connectivity index (χ2n) is 8.44. The van der Waals surface area contributed by atoms with E-state index in [4.69, 9.17) is 4.74 Å². The molecule has 0 unspecified atom stereocenters. The zero-order valence-electron chi connectivity index (χ0n) is 18.7. The predicted molar refractivity (Wildman–Crippen MR) is 123 cm³/mol. The van der Waals surface area contributed by atoms with Crippen molar-refractivity contribution in [2.45, 2.75) is 51.8 Å². The van der Waals surface area contributed by atoms with Crippen LogP contribution >= 0.6 is 0 Å². The van der Waals surface area contributed by atoms with Crippen molar-refractivity contribution in [1.82, 2.24) is 10.2 Å². The van der Waals surface area contributed by atoms with Gasteiger partial charge in [-0.05, 0) is 37.0 Å². The number of carbonyl (C=O) groups is 2. The molecule has 5 heteroatoms. The summed E-state index contributed by atoms with van der Waals surface area (Å²) in [6.45, 7) is 5.91. The van der Waals surface area contributed by atoms with Gasteiger partial charge in [0.25, 0.3) is 5.91 Å². The highest BCUT2D eigenvalue weighted by Gasteiger charge is 2.33. The van der Waals surface area contributed by atoms with Crippen molar-refractivity contribution < 1.29 is 14.3 Å². The first-order chi connectivity index (χ1) is 14.9. The summed E-state index contributed by atoms with van der Waals surface area (Å²) in [4.78, 5) is 28.3. The lowest BCUT2D eigenvalue weighted by Gasteiger charge is -2.32. The third-order valence-corrected chi connectivity index (χ3v) is 5.61. The number of amides is 2. The quantitative estimate of drug-likeness (QED) is 0.713. The molecule has 0 spiro atoms. The Hall–Kier alpha value is -3.08. The van der Waals surface area contributed by atoms with Crippen LogP contribution in [-0.2, 0) is 4.79 Å². The molecule has 1 aliphatic heterocycles. The molecule has 164 valence electrons. The van der Waals surface area contributed by atoms with Crippen molar-refractivity contribution >= 4 is 11.8 Å². The van der Waals surface area contributed by atoms with Gasteiger partial charge in [-0.15, -0.1) is 0 Å². The van der Waals surface area contributed by atoms with E-state index in [0.29, 0.717) is 24.2 Å². The van der Waals surface area contributed by atoms with Crippen LogP contribution in [0.2, 0.25) is 0 Å². The number of nitrogens with zero attached hydrogens (tertiary/aromatic N) is 1. The van der Waals surface area contributed by atoms with Crippen LogP contribution in [0.25, 0.3) is 0 Å². The van der Waals surface area contributed by atoms with Gasteiger partial charge >= 0.3 is 0 Å². The predicted octanol–water partition coefficient (Wildman–Crippen LogP) is 4.76. The third-order valence-electron chi connectivity index (χ3n) is 5.61. The summed E-state index contributed by atoms with van der Waals surface area (Å²) >= 11 is 0. The topological polar surface area (TPSA) is 58.6 Å². The molecule has 0 saturated carbocycles. The SMILES string of the molecule is CC(C)[C@@H]1C(=O)N[C@H](c2ccccc2)C/C=C\C[C@H](C)Oc2ccccc2C(=O)N1C. The van der Waals surface area contributed by atoms with E-state index in [2.05, 4.69) is 17.5 Å². The van der Waals surface area contributed by atoms with Gasteiger partial charge in [-0.25, -0.2) is 0 Å². The molecule has 3 rings (SSSR count). The Kier molecular flexibility index (Phi) is 7.50. The zero-order chi connectivity index (χ0) is 22.4. The molecule has 1 aliphatic rings. The summed E-state index contributed by atoms with van der Waals surface area (Å²) in [5.74, 6) is 0.112. The summed E-state index contributed by atoms with van der Waals surface area (Å²) in [6.07, 6.45) is 5.47. The minimum atomic E-state index is -0.601. The second-order valence-corrected chi connectivity index (χ2v) is 8.44. The van der Waals surface area contributed by atoms with Crippen LogP contribution in [0.4, 0.5) is 0 Å². The highest BCUT2D eigenvalue weighted by atomic mass is 16.5. The molecule has 0 bridgehead atoms. The minimum Gasteiger partial charge on any atom is -0.490 e. The van der Waals surface area contributed by atoms with Crippen LogP contribution < -0.4 is 10.1 Å². The van der Waals surface area contributed by atoms with Gasteiger partial charge in [0, 0.05) is 13.5 Å². The number of ether oxygens (including phenoxy) is 1. The van der Waals surface area contributed by atoms with Crippen molar-refractivity contribution in [1.29, 1.82) is 0 Å². The molecule has 1 N–H and O–H groups in total. The van der Waals surface area contributed by atoms with E-state index in [1.165, 1.54) is 4.90 Å². The summed E-state index contributed by atoms with van der Waals surface area (Å²) in [6, 6.07) is 16.4. The van der Waals surface area contributed by atoms with Gasteiger partial charge in [-0.3, -0.25) is 9.59 Å². The van der Waals surface area contributed by atoms with E-state index >= 15 is 0 Å². The smallest absolute Gasteiger partial charge is 0.258 e. The van der Waals surface area contributed by atoms with Gasteiger partial charge in [-0.1, -0.05) is 68.5 Å². The molecule has 2 aromatic carbocycles. The molecule has 0 saturated heterocycles. The number of likely N-dealkylation sites (N-methyl/N-ethyl adjacent to an activating group) is 1. The number of fused-ring (bicyclic) bond motifs is 1. The minimum absolute atomic E-state index is 0.0548. The average molecular weight is 421 g/mol. The van der Waals surface area contributed by atoms with Gasteiger partial charge in [0.05, 0.1) is 17.7 Å². The molecule has 2 amide bonds. The van der Waals surface area contributed by atoms with Crippen LogP contribution in [0.15, 0.2) is 66.7 Å². The van der Waals surface area contributed by atoms with Crippen LogP contribution in [0.5, 0.6) is 5.75 Å². The van der Waals surface area contributed by atoms with Crippen LogP contribution in [0.1, 0.15) is 55.6 Å². The Labute approximate surface area is 185 Å². The van der Waals surface area contributed by atoms with Gasteiger partial charge < -0.3 is 15.0 Å². The molecule has 0 aromatic heterocycles. The van der Waals surface area contributed by atoms with Gasteiger partial charge in [0.15, 0.2) is 0 Å². The summed E-state index contributed by atoms with van der Waals surface area (Å²) in [7, 11) is 1.69. The third kappa shape index (κ3) is 5.54. The Bertz CT molecular complexity index is 923. The van der Waals surface area contributed by atoms with Gasteiger partial charge in [0.2, 0.25) is 5.91 Å². The molecule has 31 heavy (non-hydrogen) atoms. The lowest BCUT2D eigenvalue weighted by molar-refractivity contribution is -0.127. The van der Waals surface area contributed by atoms with E-state index in [1.54, 1.807) is 13.1 Å². The second kappa shape index (κ2) is 10.3. The Morgan fingerprint density at radius 3 is 2.32 bits per heavy atom. The fourth-order valence-corrected chi connectivity index (χ4v) is 3.99. The highest BCUT2D eigenvalue weighted by Crippen LogP contribution is 2.25. The van der Waals surface area contributed by atoms with Crippen LogP contribution in [-0.4, -0.2) is 35.9 Å². The maximum absolute atomic E-state index is 13.4. The fourth-order valence-electron chi connectivity index (χ4n) is 3.99. The van der Waals surface area contributed by atoms with Gasteiger partial charge in [-0.2, -0.15) is 0 Å². The van der Waals surface area contributed by atoms with Crippen molar-refractivity contribution in [2.75, 3.05) is 7.05 Å². The van der Waals surface area contributed by atoms with Crippen molar-refractivity contribution in [3.63, 3.8) is 0 Å². The maximum atomic E-state index is 13.4. The number of para-hydroxylation sites is 1. The van der Waals surface area contributed by atoms with Crippen molar-refractivity contribution in [2.24, 2.45) is 5.92 Å². The van der Waals surface area contributed by atoms with Crippen molar-refractivity contribution in [3.8, 4) is 5.75 Å². The average Bonchev–Trinajstić information content (AvgIpc) is 2.75. The normalized spacial score (nSPS) is 24.0. The molecule has 3 atom stereocenters. The number of carbonyl (C=O) groups excluding carboxylic acids is 2. The number of benzene rings is 2. The molecule has 2 aromatic rings. The fraction of sp³-hybridized carbons (Fsp3) is 0.385. The molecule has 0 aliphatic carbocycles. The van der Waals surface area contributed by atoms with E-state index < -0.39 is 6.04 Å². The van der Waals surface area contributed by atoms with Crippen LogP contribution in [0, 0.1) is 5.92 Å². The monoisotopic (exact) mass is 420 g/mol. The summed E-state index contributed by atoms with van der Waals surface area (Å²) in [5.41, 5.74) is 1.51. The molecule has 0 fully saturated rings. The summed E-state index contributed by atoms with van der Waals surface area (Å²) < 4.78 is 6.09. The van der Waals surface area contributed by atoms with Crippen molar-refractivity contribution in [3.05, 3.63) is 77.9 Å². The van der Waals surface area contributed by atoms with Crippen LogP contribution in [0.3, 0.4) is 0 Å². The first-order valence-electron chi connectivity index (χ1n) is 10.9. The number of nitrogens with one attached hydrogen (secondary N) is 1. The standard InChI is InChI=1S/C26H32N2O3/c1-18(2)24-25(29)27-22(20-13-6-5-7-14-20)16-10-8-12-19(3)31-23-17-11-9-15-21(23)26(30)28(24)4/h5-11,13-15,17-19,22,24H,12,16H2,1-4H3,(H,27,29)/b10-8-/t19-,22-,24+/m0/s1. The Morgan fingerprint density at radius 1 is 0.968 bits per heavy atom. The Morgan fingerprint density at radius 2 is 1.61 bits per heavy atom. The summed E-state index contributed by atoms with van der Waals surface area (Å²) in [5, 5.41) is 3.19. The largest absolute Gasteiger partial charge is 0.490 e. The van der Waals surface area contributed by atoms with E-state index in [0.717, 1.165) is 5.56 Å². The maximum Gasteiger partial charge on any atom is 0.258 e. The first kappa shape index (κ1) is 22.6. The molecule has 5 nitrogen and oxygen atoms in total. The molecule has 1 heterocycles. The molecular weight excluding hydrogens is 388 g/mol. The lowest BCUT2D eigenvalue weighted by Crippen LogP contribution is -2.51. The van der Waals surface area contributed by atoms with E-state index in [1.807, 2.05) is 69.3 Å². The molecular formula is C26H32N2O3. The first-order valence-corrected chi connectivity index (χ1v) is 10.9. The van der Waals surface area contributed by atoms with E-state index in [9.17, 15) is 9.59 Å². The number of rotatable bonds is 2. The van der Waals surface area contributed by atoms with E-state index in [-0.39, 0.29) is 29.9 Å². The number of hydrogen-bond acceptors (Lipinski definition) is 3. The number of hydrogen-bond donors (Lipinski definition) is 1. The highest BCUT2D eigenvalue weighted by molar-refractivity contribution is 5.99.